The fraction of sp³-hybridized carbons (Fsp3) is 0.692. The summed E-state index contributed by atoms with van der Waals surface area (Å²) in [5, 5.41) is 11.9. The fourth-order valence-electron chi connectivity index (χ4n) is 2.07. The average Bonchev–Trinajstić information content (AvgIpc) is 2.59. The molecule has 1 rings (SSSR count). The molecule has 0 saturated carbocycles. The molecule has 1 saturated heterocycles. The van der Waals surface area contributed by atoms with E-state index in [9.17, 15) is 9.59 Å². The molecule has 1 fully saturated rings. The third kappa shape index (κ3) is 4.28. The number of aliphatic carboxylic acids is 1. The molecule has 0 aromatic heterocycles. The predicted molar refractivity (Wildman–Crippen MR) is 68.1 cm³/mol. The molecule has 100 valence electrons. The Balaban J connectivity index is 2.54. The molecule has 1 aliphatic rings. The maximum Gasteiger partial charge on any atom is 0.326 e. The molecular weight excluding hydrogens is 232 g/mol. The standard InChI is InChI=1S/C13H20N2O3/c1-2-3-6-9-14-13(18)15-10-7-4-5-8-11(15)12(16)17/h11H,4-10H2,1H3,(H,14,18)(H,16,17). The van der Waals surface area contributed by atoms with E-state index in [-0.39, 0.29) is 6.03 Å². The number of carbonyl (C=O) groups is 2. The summed E-state index contributed by atoms with van der Waals surface area (Å²) in [6.45, 7) is 2.72. The molecule has 1 heterocycles. The number of carboxylic acids is 1. The van der Waals surface area contributed by atoms with E-state index >= 15 is 0 Å². The smallest absolute Gasteiger partial charge is 0.326 e. The Morgan fingerprint density at radius 1 is 1.39 bits per heavy atom. The van der Waals surface area contributed by atoms with Crippen LogP contribution in [0.3, 0.4) is 0 Å². The van der Waals surface area contributed by atoms with Crippen LogP contribution in [0, 0.1) is 11.8 Å². The molecule has 1 unspecified atom stereocenters. The van der Waals surface area contributed by atoms with E-state index in [0.717, 1.165) is 19.3 Å². The van der Waals surface area contributed by atoms with Crippen LogP contribution in [0.1, 0.15) is 39.0 Å². The predicted octanol–water partition coefficient (Wildman–Crippen LogP) is 1.44. The molecule has 5 nitrogen and oxygen atoms in total. The zero-order chi connectivity index (χ0) is 13.4. The van der Waals surface area contributed by atoms with Crippen molar-refractivity contribution in [2.45, 2.75) is 45.1 Å². The van der Waals surface area contributed by atoms with Crippen molar-refractivity contribution in [3.8, 4) is 11.8 Å². The van der Waals surface area contributed by atoms with Gasteiger partial charge >= 0.3 is 12.0 Å². The molecule has 2 amide bonds. The second kappa shape index (κ2) is 7.59. The number of carbonyl (C=O) groups excluding carboxylic acids is 1. The fourth-order valence-corrected chi connectivity index (χ4v) is 2.07. The number of urea groups is 1. The van der Waals surface area contributed by atoms with Gasteiger partial charge in [0.15, 0.2) is 0 Å². The number of rotatable bonds is 3. The van der Waals surface area contributed by atoms with Crippen molar-refractivity contribution >= 4 is 12.0 Å². The van der Waals surface area contributed by atoms with Crippen molar-refractivity contribution in [1.29, 1.82) is 0 Å². The quantitative estimate of drug-likeness (QED) is 0.590. The first-order chi connectivity index (χ1) is 8.66. The number of likely N-dealkylation sites (tertiary alicyclic amines) is 1. The highest BCUT2D eigenvalue weighted by Crippen LogP contribution is 2.17. The molecule has 0 aliphatic carbocycles. The van der Waals surface area contributed by atoms with Gasteiger partial charge in [-0.05, 0) is 19.8 Å². The van der Waals surface area contributed by atoms with Crippen LogP contribution in [0.25, 0.3) is 0 Å². The summed E-state index contributed by atoms with van der Waals surface area (Å²) in [6.07, 6.45) is 3.84. The summed E-state index contributed by atoms with van der Waals surface area (Å²) in [6, 6.07) is -0.980. The average molecular weight is 252 g/mol. The van der Waals surface area contributed by atoms with E-state index in [4.69, 9.17) is 5.11 Å². The van der Waals surface area contributed by atoms with Gasteiger partial charge in [0.2, 0.25) is 0 Å². The van der Waals surface area contributed by atoms with Crippen LogP contribution in [0.4, 0.5) is 4.79 Å². The monoisotopic (exact) mass is 252 g/mol. The topological polar surface area (TPSA) is 69.6 Å². The highest BCUT2D eigenvalue weighted by atomic mass is 16.4. The van der Waals surface area contributed by atoms with Gasteiger partial charge in [-0.25, -0.2) is 9.59 Å². The third-order valence-corrected chi connectivity index (χ3v) is 3.00. The Bertz CT molecular complexity index is 357. The van der Waals surface area contributed by atoms with E-state index in [1.54, 1.807) is 6.92 Å². The lowest BCUT2D eigenvalue weighted by Crippen LogP contribution is -2.49. The summed E-state index contributed by atoms with van der Waals surface area (Å²) in [5.41, 5.74) is 0. The molecule has 18 heavy (non-hydrogen) atoms. The molecule has 1 aliphatic heterocycles. The molecule has 5 heteroatoms. The Kier molecular flexibility index (Phi) is 6.06. The highest BCUT2D eigenvalue weighted by Gasteiger charge is 2.30. The number of nitrogens with one attached hydrogen (secondary N) is 1. The summed E-state index contributed by atoms with van der Waals surface area (Å²) >= 11 is 0. The molecule has 0 bridgehead atoms. The van der Waals surface area contributed by atoms with Gasteiger partial charge in [-0.1, -0.05) is 12.8 Å². The number of carboxylic acid groups (broad SMARTS) is 1. The maximum absolute atomic E-state index is 11.9. The zero-order valence-electron chi connectivity index (χ0n) is 10.7. The van der Waals surface area contributed by atoms with E-state index in [0.29, 0.717) is 25.9 Å². The summed E-state index contributed by atoms with van der Waals surface area (Å²) < 4.78 is 0. The van der Waals surface area contributed by atoms with Crippen molar-refractivity contribution < 1.29 is 14.7 Å². The van der Waals surface area contributed by atoms with Gasteiger partial charge in [0.25, 0.3) is 0 Å². The normalized spacial score (nSPS) is 19.4. The second-order valence-corrected chi connectivity index (χ2v) is 4.31. The Labute approximate surface area is 108 Å². The van der Waals surface area contributed by atoms with Gasteiger partial charge in [0.05, 0.1) is 0 Å². The zero-order valence-corrected chi connectivity index (χ0v) is 10.7. The SMILES string of the molecule is CC#CCCNC(=O)N1CCCCCC1C(=O)O. The molecule has 2 N–H and O–H groups in total. The first-order valence-corrected chi connectivity index (χ1v) is 6.33. The van der Waals surface area contributed by atoms with Crippen molar-refractivity contribution in [3.63, 3.8) is 0 Å². The third-order valence-electron chi connectivity index (χ3n) is 3.00. The summed E-state index contributed by atoms with van der Waals surface area (Å²) in [4.78, 5) is 24.5. The van der Waals surface area contributed by atoms with E-state index in [1.807, 2.05) is 0 Å². The molecule has 1 atom stereocenters. The van der Waals surface area contributed by atoms with Crippen LogP contribution in [0.2, 0.25) is 0 Å². The van der Waals surface area contributed by atoms with Crippen LogP contribution < -0.4 is 5.32 Å². The van der Waals surface area contributed by atoms with Gasteiger partial charge in [-0.2, -0.15) is 0 Å². The van der Waals surface area contributed by atoms with Crippen LogP contribution in [0.5, 0.6) is 0 Å². The molecule has 0 radical (unpaired) electrons. The van der Waals surface area contributed by atoms with Gasteiger partial charge in [-0.15, -0.1) is 11.8 Å². The first-order valence-electron chi connectivity index (χ1n) is 6.33. The van der Waals surface area contributed by atoms with E-state index < -0.39 is 12.0 Å². The largest absolute Gasteiger partial charge is 0.480 e. The van der Waals surface area contributed by atoms with Crippen LogP contribution >= 0.6 is 0 Å². The number of nitrogens with zero attached hydrogens (tertiary/aromatic N) is 1. The molecular formula is C13H20N2O3. The lowest BCUT2D eigenvalue weighted by molar-refractivity contribution is -0.142. The lowest BCUT2D eigenvalue weighted by Gasteiger charge is -2.26. The Hall–Kier alpha value is -1.70. The minimum absolute atomic E-state index is 0.290. The minimum atomic E-state index is -0.916. The van der Waals surface area contributed by atoms with Crippen LogP contribution in [0.15, 0.2) is 0 Å². The first kappa shape index (κ1) is 14.4. The van der Waals surface area contributed by atoms with Gasteiger partial charge in [0.1, 0.15) is 6.04 Å². The second-order valence-electron chi connectivity index (χ2n) is 4.31. The van der Waals surface area contributed by atoms with Gasteiger partial charge in [0, 0.05) is 19.5 Å². The van der Waals surface area contributed by atoms with Crippen molar-refractivity contribution in [2.75, 3.05) is 13.1 Å². The van der Waals surface area contributed by atoms with Gasteiger partial charge < -0.3 is 15.3 Å². The van der Waals surface area contributed by atoms with Crippen molar-refractivity contribution in [2.24, 2.45) is 0 Å². The highest BCUT2D eigenvalue weighted by molar-refractivity contribution is 5.82. The Morgan fingerprint density at radius 2 is 2.17 bits per heavy atom. The minimum Gasteiger partial charge on any atom is -0.480 e. The molecule has 0 aromatic carbocycles. The number of amides is 2. The number of hydrogen-bond acceptors (Lipinski definition) is 2. The molecule has 0 spiro atoms. The van der Waals surface area contributed by atoms with Gasteiger partial charge in [-0.3, -0.25) is 0 Å². The van der Waals surface area contributed by atoms with E-state index in [1.165, 1.54) is 4.90 Å². The summed E-state index contributed by atoms with van der Waals surface area (Å²) in [5.74, 6) is 4.69. The lowest BCUT2D eigenvalue weighted by atomic mass is 10.1. The Morgan fingerprint density at radius 3 is 2.83 bits per heavy atom. The maximum atomic E-state index is 11.9. The van der Waals surface area contributed by atoms with Crippen molar-refractivity contribution in [1.82, 2.24) is 10.2 Å². The van der Waals surface area contributed by atoms with E-state index in [2.05, 4.69) is 17.2 Å². The number of hydrogen-bond donors (Lipinski definition) is 2. The molecule has 0 aromatic rings. The van der Waals surface area contributed by atoms with Crippen molar-refractivity contribution in [3.05, 3.63) is 0 Å². The summed E-state index contributed by atoms with van der Waals surface area (Å²) in [7, 11) is 0. The van der Waals surface area contributed by atoms with Crippen LogP contribution in [-0.4, -0.2) is 41.1 Å². The van der Waals surface area contributed by atoms with Crippen LogP contribution in [-0.2, 0) is 4.79 Å².